The number of fused-ring (bicyclic) bond motifs is 1. The van der Waals surface area contributed by atoms with Crippen LogP contribution in [0.15, 0.2) is 42.6 Å². The Morgan fingerprint density at radius 3 is 2.62 bits per heavy atom. The fraction of sp³-hybridized carbons (Fsp3) is 0.348. The van der Waals surface area contributed by atoms with Crippen molar-refractivity contribution < 1.29 is 9.18 Å². The van der Waals surface area contributed by atoms with Crippen LogP contribution in [0.2, 0.25) is 0 Å². The van der Waals surface area contributed by atoms with Crippen molar-refractivity contribution in [3.05, 3.63) is 59.5 Å². The highest BCUT2D eigenvalue weighted by atomic mass is 19.1. The molecular weight excluding hydrogens is 367 g/mol. The monoisotopic (exact) mass is 396 g/mol. The number of carbonyl (C=O) groups is 1. The highest BCUT2D eigenvalue weighted by Gasteiger charge is 2.24. The van der Waals surface area contributed by atoms with Crippen molar-refractivity contribution >= 4 is 28.5 Å². The Morgan fingerprint density at radius 1 is 1.17 bits per heavy atom. The van der Waals surface area contributed by atoms with Crippen LogP contribution in [0.5, 0.6) is 0 Å². The molecule has 1 atom stereocenters. The lowest BCUT2D eigenvalue weighted by molar-refractivity contribution is -0.110. The maximum Gasteiger partial charge on any atom is 0.257 e. The molecule has 0 radical (unpaired) electrons. The van der Waals surface area contributed by atoms with Gasteiger partial charge in [0.1, 0.15) is 5.82 Å². The van der Waals surface area contributed by atoms with Gasteiger partial charge in [-0.25, -0.2) is 4.39 Å². The lowest BCUT2D eigenvalue weighted by Crippen LogP contribution is -2.34. The van der Waals surface area contributed by atoms with E-state index >= 15 is 0 Å². The van der Waals surface area contributed by atoms with Gasteiger partial charge in [0.25, 0.3) is 5.91 Å². The predicted octanol–water partition coefficient (Wildman–Crippen LogP) is 4.68. The van der Waals surface area contributed by atoms with Crippen LogP contribution in [-0.4, -0.2) is 36.5 Å². The summed E-state index contributed by atoms with van der Waals surface area (Å²) in [6.45, 7) is 11.7. The topological polar surface area (TPSA) is 56.4 Å². The summed E-state index contributed by atoms with van der Waals surface area (Å²) < 4.78 is 13.6. The predicted molar refractivity (Wildman–Crippen MR) is 119 cm³/mol. The molecule has 1 amide bonds. The number of amides is 1. The lowest BCUT2D eigenvalue weighted by Gasteiger charge is -2.25. The summed E-state index contributed by atoms with van der Waals surface area (Å²) in [7, 11) is 0. The highest BCUT2D eigenvalue weighted by Crippen LogP contribution is 2.32. The second kappa shape index (κ2) is 9.09. The number of halogens is 1. The lowest BCUT2D eigenvalue weighted by atomic mass is 10.1. The number of hydrogen-bond acceptors (Lipinski definition) is 4. The van der Waals surface area contributed by atoms with E-state index in [0.717, 1.165) is 36.6 Å². The molecule has 2 aromatic carbocycles. The van der Waals surface area contributed by atoms with E-state index in [0.29, 0.717) is 22.9 Å². The number of hydrogen-bond donors (Lipinski definition) is 3. The zero-order valence-corrected chi connectivity index (χ0v) is 17.5. The first-order valence-corrected chi connectivity index (χ1v) is 10.1. The van der Waals surface area contributed by atoms with Crippen LogP contribution >= 0.6 is 0 Å². The largest absolute Gasteiger partial charge is 0.381 e. The first-order chi connectivity index (χ1) is 13.9. The first kappa shape index (κ1) is 20.9. The van der Waals surface area contributed by atoms with E-state index in [2.05, 4.69) is 48.5 Å². The number of nitrogens with one attached hydrogen (secondary N) is 3. The van der Waals surface area contributed by atoms with Crippen LogP contribution in [0.4, 0.5) is 21.5 Å². The summed E-state index contributed by atoms with van der Waals surface area (Å²) in [6, 6.07) is 10.7. The normalized spacial score (nSPS) is 15.4. The van der Waals surface area contributed by atoms with Gasteiger partial charge in [-0.3, -0.25) is 4.79 Å². The zero-order chi connectivity index (χ0) is 21.0. The van der Waals surface area contributed by atoms with E-state index in [1.54, 1.807) is 12.3 Å². The Hall–Kier alpha value is -2.86. The van der Waals surface area contributed by atoms with Gasteiger partial charge in [-0.2, -0.15) is 0 Å². The zero-order valence-electron chi connectivity index (χ0n) is 17.5. The number of anilines is 3. The van der Waals surface area contributed by atoms with Crippen molar-refractivity contribution in [3.8, 4) is 0 Å². The molecule has 0 saturated carbocycles. The molecule has 3 rings (SSSR count). The Labute approximate surface area is 172 Å². The van der Waals surface area contributed by atoms with Gasteiger partial charge >= 0.3 is 0 Å². The van der Waals surface area contributed by atoms with Crippen LogP contribution in [0.25, 0.3) is 5.57 Å². The summed E-state index contributed by atoms with van der Waals surface area (Å²) in [5, 5.41) is 9.49. The van der Waals surface area contributed by atoms with Gasteiger partial charge in [0, 0.05) is 41.4 Å². The minimum absolute atomic E-state index is 0.238. The molecule has 5 nitrogen and oxygen atoms in total. The quantitative estimate of drug-likeness (QED) is 0.567. The minimum Gasteiger partial charge on any atom is -0.381 e. The van der Waals surface area contributed by atoms with Crippen LogP contribution in [0.3, 0.4) is 0 Å². The number of aryl methyl sites for hydroxylation is 1. The van der Waals surface area contributed by atoms with Crippen molar-refractivity contribution in [2.24, 2.45) is 0 Å². The van der Waals surface area contributed by atoms with E-state index in [1.807, 2.05) is 18.2 Å². The van der Waals surface area contributed by atoms with Crippen molar-refractivity contribution in [2.75, 3.05) is 35.6 Å². The van der Waals surface area contributed by atoms with Crippen LogP contribution in [0, 0.1) is 12.7 Å². The third-order valence-electron chi connectivity index (χ3n) is 5.20. The molecule has 1 aliphatic rings. The maximum atomic E-state index is 13.6. The summed E-state index contributed by atoms with van der Waals surface area (Å²) >= 11 is 0. The SMILES string of the molecule is CCN(CC)CC(C)Nc1ccc(N/C=C2/C(=O)Nc3ccc(F)cc32)cc1C. The molecule has 6 heteroatoms. The Morgan fingerprint density at radius 2 is 1.93 bits per heavy atom. The molecular formula is C23H29FN4O. The molecule has 0 saturated heterocycles. The van der Waals surface area contributed by atoms with Gasteiger partial charge in [0.2, 0.25) is 0 Å². The summed E-state index contributed by atoms with van der Waals surface area (Å²) in [4.78, 5) is 14.6. The van der Waals surface area contributed by atoms with Gasteiger partial charge in [0.05, 0.1) is 5.57 Å². The van der Waals surface area contributed by atoms with Crippen LogP contribution in [0.1, 0.15) is 31.9 Å². The van der Waals surface area contributed by atoms with E-state index in [-0.39, 0.29) is 11.7 Å². The number of likely N-dealkylation sites (N-methyl/N-ethyl adjacent to an activating group) is 1. The number of carbonyl (C=O) groups excluding carboxylic acids is 1. The molecule has 1 heterocycles. The number of rotatable bonds is 8. The van der Waals surface area contributed by atoms with E-state index in [4.69, 9.17) is 0 Å². The Kier molecular flexibility index (Phi) is 6.54. The summed E-state index contributed by atoms with van der Waals surface area (Å²) in [5.74, 6) is -0.602. The second-order valence-corrected chi connectivity index (χ2v) is 7.41. The average molecular weight is 397 g/mol. The van der Waals surface area contributed by atoms with Crippen LogP contribution < -0.4 is 16.0 Å². The molecule has 0 aliphatic carbocycles. The fourth-order valence-corrected chi connectivity index (χ4v) is 3.55. The molecule has 0 aromatic heterocycles. The molecule has 0 spiro atoms. The van der Waals surface area contributed by atoms with Gasteiger partial charge in [-0.15, -0.1) is 0 Å². The molecule has 1 aliphatic heterocycles. The molecule has 29 heavy (non-hydrogen) atoms. The summed E-state index contributed by atoms with van der Waals surface area (Å²) in [6.07, 6.45) is 1.63. The van der Waals surface area contributed by atoms with Gasteiger partial charge in [0.15, 0.2) is 0 Å². The third-order valence-corrected chi connectivity index (χ3v) is 5.20. The Bertz CT molecular complexity index is 921. The smallest absolute Gasteiger partial charge is 0.257 e. The molecule has 2 aromatic rings. The van der Waals surface area contributed by atoms with Gasteiger partial charge < -0.3 is 20.9 Å². The minimum atomic E-state index is -0.365. The molecule has 1 unspecified atom stereocenters. The van der Waals surface area contributed by atoms with Gasteiger partial charge in [-0.1, -0.05) is 13.8 Å². The molecule has 0 fully saturated rings. The average Bonchev–Trinajstić information content (AvgIpc) is 3.00. The first-order valence-electron chi connectivity index (χ1n) is 10.1. The maximum absolute atomic E-state index is 13.6. The Balaban J connectivity index is 1.69. The number of nitrogens with zero attached hydrogens (tertiary/aromatic N) is 1. The molecule has 154 valence electrons. The van der Waals surface area contributed by atoms with E-state index in [1.165, 1.54) is 12.1 Å². The standard InChI is InChI=1S/C23H29FN4O/c1-5-28(6-2)14-16(4)26-21-10-8-18(11-15(21)3)25-13-20-19-12-17(24)7-9-22(19)27-23(20)29/h7-13,16,25-26H,5-6,14H2,1-4H3,(H,27,29)/b20-13+. The summed E-state index contributed by atoms with van der Waals surface area (Å²) in [5.41, 5.74) is 4.70. The van der Waals surface area contributed by atoms with Crippen LogP contribution in [-0.2, 0) is 4.79 Å². The van der Waals surface area contributed by atoms with Crippen molar-refractivity contribution in [1.29, 1.82) is 0 Å². The van der Waals surface area contributed by atoms with Crippen molar-refractivity contribution in [2.45, 2.75) is 33.7 Å². The highest BCUT2D eigenvalue weighted by molar-refractivity contribution is 6.31. The molecule has 3 N–H and O–H groups in total. The van der Waals surface area contributed by atoms with E-state index in [9.17, 15) is 9.18 Å². The van der Waals surface area contributed by atoms with E-state index < -0.39 is 0 Å². The second-order valence-electron chi connectivity index (χ2n) is 7.41. The van der Waals surface area contributed by atoms with Crippen molar-refractivity contribution in [3.63, 3.8) is 0 Å². The van der Waals surface area contributed by atoms with Crippen molar-refractivity contribution in [1.82, 2.24) is 4.90 Å². The van der Waals surface area contributed by atoms with Gasteiger partial charge in [-0.05, 0) is 68.9 Å². The molecule has 0 bridgehead atoms. The fourth-order valence-electron chi connectivity index (χ4n) is 3.55. The number of benzene rings is 2. The third kappa shape index (κ3) is 4.95.